The molecule has 3 rings (SSSR count). The molecule has 6 heteroatoms. The fourth-order valence-electron chi connectivity index (χ4n) is 3.14. The van der Waals surface area contributed by atoms with Gasteiger partial charge in [-0.05, 0) is 38.0 Å². The van der Waals surface area contributed by atoms with Gasteiger partial charge in [0.2, 0.25) is 0 Å². The summed E-state index contributed by atoms with van der Waals surface area (Å²) in [6.45, 7) is 0.350. The molecule has 0 aromatic rings. The van der Waals surface area contributed by atoms with Gasteiger partial charge in [-0.1, -0.05) is 0 Å². The molecule has 20 heavy (non-hydrogen) atoms. The lowest BCUT2D eigenvalue weighted by atomic mass is 9.79. The molecule has 0 radical (unpaired) electrons. The standard InChI is InChI=1S/C14H22F3NO2/c15-14(16,17)9-19-8-13(7-18-11-3-4-11)5-6-20-12(13)10-1-2-10/h10-12,18H,1-9H2. The van der Waals surface area contributed by atoms with E-state index >= 15 is 0 Å². The Morgan fingerprint density at radius 1 is 1.20 bits per heavy atom. The van der Waals surface area contributed by atoms with Crippen LogP contribution < -0.4 is 5.32 Å². The van der Waals surface area contributed by atoms with Gasteiger partial charge in [-0.3, -0.25) is 0 Å². The number of nitrogens with one attached hydrogen (secondary N) is 1. The van der Waals surface area contributed by atoms with Gasteiger partial charge in [-0.15, -0.1) is 0 Å². The summed E-state index contributed by atoms with van der Waals surface area (Å²) in [4.78, 5) is 0. The van der Waals surface area contributed by atoms with E-state index in [4.69, 9.17) is 9.47 Å². The van der Waals surface area contributed by atoms with Gasteiger partial charge in [0, 0.05) is 24.6 Å². The van der Waals surface area contributed by atoms with Crippen molar-refractivity contribution in [1.29, 1.82) is 0 Å². The highest BCUT2D eigenvalue weighted by Crippen LogP contribution is 2.48. The Morgan fingerprint density at radius 3 is 2.55 bits per heavy atom. The first kappa shape index (κ1) is 14.6. The Kier molecular flexibility index (Phi) is 3.99. The number of hydrogen-bond donors (Lipinski definition) is 1. The average Bonchev–Trinajstić information content (AvgIpc) is 3.26. The van der Waals surface area contributed by atoms with Gasteiger partial charge >= 0.3 is 6.18 Å². The second kappa shape index (κ2) is 5.46. The molecule has 0 aromatic carbocycles. The highest BCUT2D eigenvalue weighted by atomic mass is 19.4. The minimum absolute atomic E-state index is 0.0713. The lowest BCUT2D eigenvalue weighted by Crippen LogP contribution is -2.46. The SMILES string of the molecule is FC(F)(F)COCC1(CNC2CC2)CCOC1C1CC1. The molecular weight excluding hydrogens is 271 g/mol. The minimum Gasteiger partial charge on any atom is -0.377 e. The van der Waals surface area contributed by atoms with E-state index in [0.29, 0.717) is 18.6 Å². The van der Waals surface area contributed by atoms with Gasteiger partial charge in [-0.25, -0.2) is 0 Å². The van der Waals surface area contributed by atoms with Gasteiger partial charge in [0.25, 0.3) is 0 Å². The zero-order valence-corrected chi connectivity index (χ0v) is 11.5. The summed E-state index contributed by atoms with van der Waals surface area (Å²) in [5.41, 5.74) is -0.269. The highest BCUT2D eigenvalue weighted by Gasteiger charge is 2.51. The number of halogens is 3. The normalized spacial score (nSPS) is 34.6. The third kappa shape index (κ3) is 3.65. The van der Waals surface area contributed by atoms with Crippen molar-refractivity contribution < 1.29 is 22.6 Å². The predicted molar refractivity (Wildman–Crippen MR) is 67.4 cm³/mol. The molecule has 2 saturated carbocycles. The number of ether oxygens (including phenoxy) is 2. The second-order valence-corrected chi connectivity index (χ2v) is 6.50. The number of rotatable bonds is 7. The zero-order chi connectivity index (χ0) is 14.2. The summed E-state index contributed by atoms with van der Waals surface area (Å²) < 4.78 is 47.7. The van der Waals surface area contributed by atoms with Crippen LogP contribution in [0.1, 0.15) is 32.1 Å². The summed E-state index contributed by atoms with van der Waals surface area (Å²) in [5, 5.41) is 3.46. The van der Waals surface area contributed by atoms with E-state index in [1.165, 1.54) is 12.8 Å². The van der Waals surface area contributed by atoms with Crippen LogP contribution in [-0.2, 0) is 9.47 Å². The van der Waals surface area contributed by atoms with E-state index in [9.17, 15) is 13.2 Å². The molecule has 0 spiro atoms. The van der Waals surface area contributed by atoms with E-state index in [-0.39, 0.29) is 18.1 Å². The van der Waals surface area contributed by atoms with Crippen LogP contribution in [0.15, 0.2) is 0 Å². The molecule has 1 heterocycles. The van der Waals surface area contributed by atoms with Crippen molar-refractivity contribution in [2.45, 2.75) is 50.4 Å². The Labute approximate surface area is 117 Å². The maximum atomic E-state index is 12.3. The number of alkyl halides is 3. The summed E-state index contributed by atoms with van der Waals surface area (Å²) >= 11 is 0. The van der Waals surface area contributed by atoms with Crippen LogP contribution in [0.25, 0.3) is 0 Å². The van der Waals surface area contributed by atoms with Crippen molar-refractivity contribution in [1.82, 2.24) is 5.32 Å². The predicted octanol–water partition coefficient (Wildman–Crippen LogP) is 2.50. The van der Waals surface area contributed by atoms with E-state index < -0.39 is 12.8 Å². The maximum absolute atomic E-state index is 12.3. The second-order valence-electron chi connectivity index (χ2n) is 6.50. The molecule has 2 atom stereocenters. The van der Waals surface area contributed by atoms with E-state index in [1.54, 1.807) is 0 Å². The van der Waals surface area contributed by atoms with Crippen LogP contribution in [0.4, 0.5) is 13.2 Å². The van der Waals surface area contributed by atoms with Crippen molar-refractivity contribution >= 4 is 0 Å². The smallest absolute Gasteiger partial charge is 0.377 e. The molecule has 1 saturated heterocycles. The molecule has 0 bridgehead atoms. The molecular formula is C14H22F3NO2. The van der Waals surface area contributed by atoms with E-state index in [0.717, 1.165) is 25.8 Å². The summed E-state index contributed by atoms with van der Waals surface area (Å²) in [7, 11) is 0. The van der Waals surface area contributed by atoms with Crippen LogP contribution in [0, 0.1) is 11.3 Å². The van der Waals surface area contributed by atoms with Crippen molar-refractivity contribution in [3.05, 3.63) is 0 Å². The largest absolute Gasteiger partial charge is 0.411 e. The lowest BCUT2D eigenvalue weighted by Gasteiger charge is -2.34. The Bertz CT molecular complexity index is 342. The van der Waals surface area contributed by atoms with Crippen LogP contribution in [-0.4, -0.2) is 44.7 Å². The van der Waals surface area contributed by atoms with E-state index in [2.05, 4.69) is 5.32 Å². The van der Waals surface area contributed by atoms with Gasteiger partial charge in [-0.2, -0.15) is 13.2 Å². The molecule has 3 fully saturated rings. The van der Waals surface area contributed by atoms with Crippen molar-refractivity contribution in [3.63, 3.8) is 0 Å². The average molecular weight is 293 g/mol. The van der Waals surface area contributed by atoms with Gasteiger partial charge in [0.05, 0.1) is 12.7 Å². The topological polar surface area (TPSA) is 30.5 Å². The molecule has 1 N–H and O–H groups in total. The number of hydrogen-bond acceptors (Lipinski definition) is 3. The molecule has 116 valence electrons. The van der Waals surface area contributed by atoms with Gasteiger partial charge in [0.15, 0.2) is 0 Å². The van der Waals surface area contributed by atoms with Crippen molar-refractivity contribution in [2.24, 2.45) is 11.3 Å². The molecule has 2 unspecified atom stereocenters. The first-order valence-electron chi connectivity index (χ1n) is 7.48. The fraction of sp³-hybridized carbons (Fsp3) is 1.00. The summed E-state index contributed by atoms with van der Waals surface area (Å²) in [6.07, 6.45) is 1.24. The lowest BCUT2D eigenvalue weighted by molar-refractivity contribution is -0.183. The van der Waals surface area contributed by atoms with Crippen LogP contribution in [0.5, 0.6) is 0 Å². The molecule has 3 nitrogen and oxygen atoms in total. The molecule has 0 aromatic heterocycles. The quantitative estimate of drug-likeness (QED) is 0.782. The molecule has 1 aliphatic heterocycles. The highest BCUT2D eigenvalue weighted by molar-refractivity contribution is 5.01. The minimum atomic E-state index is -4.25. The molecule has 2 aliphatic carbocycles. The molecule has 3 aliphatic rings. The van der Waals surface area contributed by atoms with Crippen molar-refractivity contribution in [3.8, 4) is 0 Å². The summed E-state index contributed by atoms with van der Waals surface area (Å²) in [5.74, 6) is 0.521. The van der Waals surface area contributed by atoms with Crippen molar-refractivity contribution in [2.75, 3.05) is 26.4 Å². The van der Waals surface area contributed by atoms with Crippen LogP contribution >= 0.6 is 0 Å². The Balaban J connectivity index is 1.59. The first-order chi connectivity index (χ1) is 9.49. The Hall–Kier alpha value is -0.330. The maximum Gasteiger partial charge on any atom is 0.411 e. The first-order valence-corrected chi connectivity index (χ1v) is 7.48. The monoisotopic (exact) mass is 293 g/mol. The fourth-order valence-corrected chi connectivity index (χ4v) is 3.14. The zero-order valence-electron chi connectivity index (χ0n) is 11.5. The van der Waals surface area contributed by atoms with E-state index in [1.807, 2.05) is 0 Å². The van der Waals surface area contributed by atoms with Gasteiger partial charge < -0.3 is 14.8 Å². The van der Waals surface area contributed by atoms with Crippen LogP contribution in [0.3, 0.4) is 0 Å². The van der Waals surface area contributed by atoms with Gasteiger partial charge in [0.1, 0.15) is 6.61 Å². The summed E-state index contributed by atoms with van der Waals surface area (Å²) in [6, 6.07) is 0.551. The van der Waals surface area contributed by atoms with Crippen LogP contribution in [0.2, 0.25) is 0 Å². The third-order valence-electron chi connectivity index (χ3n) is 4.53. The third-order valence-corrected chi connectivity index (χ3v) is 4.53. The molecule has 0 amide bonds. The Morgan fingerprint density at radius 2 is 1.95 bits per heavy atom.